The van der Waals surface area contributed by atoms with E-state index in [4.69, 9.17) is 0 Å². The van der Waals surface area contributed by atoms with Gasteiger partial charge in [-0.15, -0.1) is 11.3 Å². The van der Waals surface area contributed by atoms with E-state index in [9.17, 15) is 17.2 Å². The number of aromatic nitrogens is 1. The largest absolute Gasteiger partial charge is 0.324 e. The highest BCUT2D eigenvalue weighted by Gasteiger charge is 2.32. The third kappa shape index (κ3) is 3.85. The molecule has 2 N–H and O–H groups in total. The summed E-state index contributed by atoms with van der Waals surface area (Å²) in [5.74, 6) is -1.47. The van der Waals surface area contributed by atoms with E-state index in [1.807, 2.05) is 0 Å². The van der Waals surface area contributed by atoms with Crippen molar-refractivity contribution < 1.29 is 17.2 Å². The van der Waals surface area contributed by atoms with Gasteiger partial charge in [0.1, 0.15) is 16.5 Å². The minimum atomic E-state index is -3.95. The summed E-state index contributed by atoms with van der Waals surface area (Å²) in [5.41, 5.74) is 0.894. The van der Waals surface area contributed by atoms with Gasteiger partial charge in [-0.05, 0) is 29.8 Å². The van der Waals surface area contributed by atoms with Crippen molar-refractivity contribution in [2.45, 2.75) is 24.3 Å². The van der Waals surface area contributed by atoms with Crippen LogP contribution in [0.2, 0.25) is 0 Å². The lowest BCUT2D eigenvalue weighted by atomic mass is 9.99. The second-order valence-electron chi connectivity index (χ2n) is 6.45. The number of guanidine groups is 1. The van der Waals surface area contributed by atoms with Gasteiger partial charge in [0.25, 0.3) is 10.0 Å². The summed E-state index contributed by atoms with van der Waals surface area (Å²) in [7, 11) is -3.95. The van der Waals surface area contributed by atoms with Gasteiger partial charge in [0.05, 0.1) is 17.2 Å². The molecule has 4 rings (SSSR count). The number of aliphatic imine (C=N–C) groups is 1. The number of halogens is 2. The number of anilines is 1. The normalized spacial score (nSPS) is 17.3. The van der Waals surface area contributed by atoms with E-state index < -0.39 is 27.6 Å². The summed E-state index contributed by atoms with van der Waals surface area (Å²) in [4.78, 5) is 8.34. The highest BCUT2D eigenvalue weighted by molar-refractivity contribution is 7.90. The summed E-state index contributed by atoms with van der Waals surface area (Å²) < 4.78 is 55.8. The van der Waals surface area contributed by atoms with Crippen molar-refractivity contribution in [3.63, 3.8) is 0 Å². The lowest BCUT2D eigenvalue weighted by Crippen LogP contribution is -2.41. The van der Waals surface area contributed by atoms with Crippen LogP contribution in [-0.2, 0) is 16.6 Å². The summed E-state index contributed by atoms with van der Waals surface area (Å²) >= 11 is 1.36. The zero-order valence-electron chi connectivity index (χ0n) is 15.2. The third-order valence-electron chi connectivity index (χ3n) is 4.48. The van der Waals surface area contributed by atoms with Crippen LogP contribution in [0.1, 0.15) is 29.0 Å². The number of benzene rings is 2. The second kappa shape index (κ2) is 7.53. The predicted molar refractivity (Wildman–Crippen MR) is 108 cm³/mol. The molecule has 6 nitrogen and oxygen atoms in total. The maximum atomic E-state index is 14.7. The fourth-order valence-electron chi connectivity index (χ4n) is 3.13. The molecule has 0 saturated carbocycles. The molecule has 150 valence electrons. The Morgan fingerprint density at radius 3 is 2.79 bits per heavy atom. The van der Waals surface area contributed by atoms with Gasteiger partial charge in [0.2, 0.25) is 5.96 Å². The molecule has 10 heteroatoms. The first-order chi connectivity index (χ1) is 13.8. The van der Waals surface area contributed by atoms with Crippen LogP contribution >= 0.6 is 11.3 Å². The Morgan fingerprint density at radius 2 is 2.07 bits per heavy atom. The molecule has 2 heterocycles. The maximum absolute atomic E-state index is 14.7. The van der Waals surface area contributed by atoms with Crippen LogP contribution < -0.4 is 10.0 Å². The molecule has 1 aliphatic rings. The van der Waals surface area contributed by atoms with Crippen LogP contribution in [0.3, 0.4) is 0 Å². The number of nitrogens with one attached hydrogen (secondary N) is 2. The Bertz CT molecular complexity index is 1190. The monoisotopic (exact) mass is 434 g/mol. The molecule has 1 aliphatic heterocycles. The first-order valence-corrected chi connectivity index (χ1v) is 11.0. The van der Waals surface area contributed by atoms with Gasteiger partial charge >= 0.3 is 0 Å². The molecule has 2 aromatic carbocycles. The molecule has 0 saturated heterocycles. The zero-order chi connectivity index (χ0) is 20.6. The smallest absolute Gasteiger partial charge is 0.266 e. The Morgan fingerprint density at radius 1 is 1.24 bits per heavy atom. The molecule has 3 aromatic rings. The van der Waals surface area contributed by atoms with Gasteiger partial charge in [-0.1, -0.05) is 19.1 Å². The van der Waals surface area contributed by atoms with E-state index >= 15 is 0 Å². The summed E-state index contributed by atoms with van der Waals surface area (Å²) in [6.07, 6.45) is 1.61. The third-order valence-corrected chi connectivity index (χ3v) is 6.82. The molecule has 0 bridgehead atoms. The Labute approximate surface area is 170 Å². The first-order valence-electron chi connectivity index (χ1n) is 8.65. The zero-order valence-corrected chi connectivity index (χ0v) is 16.8. The quantitative estimate of drug-likeness (QED) is 0.654. The standard InChI is InChI=1S/C19H16F2N4O2S2/c1-11(18-22-7-8-28-18)16-14(21)5-6-15-17(16)24-19(25-29(15,26)27)23-10-12-3-2-4-13(20)9-12/h2-9,11H,10H2,1H3,(H2,23,24,25)/t11-/m0/s1. The Balaban J connectivity index is 1.75. The number of rotatable bonds is 4. The highest BCUT2D eigenvalue weighted by Crippen LogP contribution is 2.38. The van der Waals surface area contributed by atoms with Gasteiger partial charge in [-0.25, -0.2) is 31.9 Å². The molecule has 0 fully saturated rings. The van der Waals surface area contributed by atoms with Crippen molar-refractivity contribution in [3.05, 3.63) is 75.7 Å². The van der Waals surface area contributed by atoms with Crippen LogP contribution in [0, 0.1) is 11.6 Å². The maximum Gasteiger partial charge on any atom is 0.266 e. The van der Waals surface area contributed by atoms with Crippen molar-refractivity contribution in [2.75, 3.05) is 5.32 Å². The van der Waals surface area contributed by atoms with Gasteiger partial charge in [0, 0.05) is 23.1 Å². The number of fused-ring (bicyclic) bond motifs is 1. The minimum absolute atomic E-state index is 0.0463. The SMILES string of the molecule is C[C@H](c1nccs1)c1c(F)ccc2c1NC(=NCc1cccc(F)c1)NS2(=O)=O. The molecule has 1 aromatic heterocycles. The summed E-state index contributed by atoms with van der Waals surface area (Å²) in [6.45, 7) is 1.81. The van der Waals surface area contributed by atoms with Gasteiger partial charge in [0.15, 0.2) is 0 Å². The van der Waals surface area contributed by atoms with Crippen LogP contribution in [0.4, 0.5) is 14.5 Å². The molecule has 0 radical (unpaired) electrons. The Kier molecular flexibility index (Phi) is 5.05. The summed E-state index contributed by atoms with van der Waals surface area (Å²) in [6, 6.07) is 8.18. The van der Waals surface area contributed by atoms with Crippen LogP contribution in [-0.4, -0.2) is 19.4 Å². The number of thiazole rings is 1. The van der Waals surface area contributed by atoms with Crippen LogP contribution in [0.15, 0.2) is 57.9 Å². The molecular formula is C19H16F2N4O2S2. The van der Waals surface area contributed by atoms with Crippen molar-refractivity contribution in [2.24, 2.45) is 4.99 Å². The number of hydrogen-bond donors (Lipinski definition) is 2. The molecule has 0 unspecified atom stereocenters. The average Bonchev–Trinajstić information content (AvgIpc) is 3.20. The van der Waals surface area contributed by atoms with E-state index in [2.05, 4.69) is 20.0 Å². The highest BCUT2D eigenvalue weighted by atomic mass is 32.2. The van der Waals surface area contributed by atoms with Gasteiger partial charge < -0.3 is 5.32 Å². The molecule has 1 atom stereocenters. The number of nitrogens with zero attached hydrogens (tertiary/aromatic N) is 2. The van der Waals surface area contributed by atoms with E-state index in [-0.39, 0.29) is 28.7 Å². The van der Waals surface area contributed by atoms with E-state index in [0.29, 0.717) is 10.6 Å². The van der Waals surface area contributed by atoms with Crippen LogP contribution in [0.25, 0.3) is 0 Å². The van der Waals surface area contributed by atoms with Gasteiger partial charge in [-0.2, -0.15) is 0 Å². The predicted octanol–water partition coefficient (Wildman–Crippen LogP) is 3.83. The fraction of sp³-hybridized carbons (Fsp3) is 0.158. The topological polar surface area (TPSA) is 83.4 Å². The van der Waals surface area contributed by atoms with Crippen LogP contribution in [0.5, 0.6) is 0 Å². The minimum Gasteiger partial charge on any atom is -0.324 e. The number of hydrogen-bond acceptors (Lipinski definition) is 5. The first kappa shape index (κ1) is 19.5. The van der Waals surface area contributed by atoms with E-state index in [1.54, 1.807) is 30.6 Å². The molecule has 0 aliphatic carbocycles. The molecule has 0 amide bonds. The van der Waals surface area contributed by atoms with E-state index in [0.717, 1.165) is 6.07 Å². The van der Waals surface area contributed by atoms with Gasteiger partial charge in [-0.3, -0.25) is 0 Å². The second-order valence-corrected chi connectivity index (χ2v) is 9.03. The fourth-order valence-corrected chi connectivity index (χ4v) is 4.99. The van der Waals surface area contributed by atoms with Crippen molar-refractivity contribution in [1.29, 1.82) is 0 Å². The van der Waals surface area contributed by atoms with Crippen molar-refractivity contribution >= 4 is 33.0 Å². The molecule has 0 spiro atoms. The average molecular weight is 434 g/mol. The summed E-state index contributed by atoms with van der Waals surface area (Å²) in [5, 5.41) is 5.33. The van der Waals surface area contributed by atoms with E-state index in [1.165, 1.54) is 29.5 Å². The lowest BCUT2D eigenvalue weighted by molar-refractivity contribution is 0.586. The lowest BCUT2D eigenvalue weighted by Gasteiger charge is -2.26. The number of sulfonamides is 1. The van der Waals surface area contributed by atoms with Crippen molar-refractivity contribution in [3.8, 4) is 0 Å². The van der Waals surface area contributed by atoms with Crippen molar-refractivity contribution in [1.82, 2.24) is 9.71 Å². The molecule has 29 heavy (non-hydrogen) atoms. The molecular weight excluding hydrogens is 418 g/mol. The Hall–Kier alpha value is -2.85.